The van der Waals surface area contributed by atoms with Gasteiger partial charge in [-0.25, -0.2) is 0 Å². The number of aromatic nitrogens is 1. The van der Waals surface area contributed by atoms with E-state index in [0.717, 1.165) is 11.4 Å². The summed E-state index contributed by atoms with van der Waals surface area (Å²) in [6, 6.07) is 87.2. The number of rotatable bonds is 7. The summed E-state index contributed by atoms with van der Waals surface area (Å²) in [5, 5.41) is 2.50. The van der Waals surface area contributed by atoms with Crippen LogP contribution < -0.4 is 4.90 Å². The summed E-state index contributed by atoms with van der Waals surface area (Å²) in [7, 11) is 0. The first-order valence-corrected chi connectivity index (χ1v) is 26.4. The molecular weight excluding hydrogens is 893 g/mol. The minimum absolute atomic E-state index is 0.0611. The Labute approximate surface area is 437 Å². The fraction of sp³-hybridized carbons (Fsp3) is 0.167. The van der Waals surface area contributed by atoms with Crippen molar-refractivity contribution in [2.75, 3.05) is 4.90 Å². The molecule has 0 radical (unpaired) electrons. The second-order valence-corrected chi connectivity index (χ2v) is 23.4. The molecule has 0 atom stereocenters. The van der Waals surface area contributed by atoms with E-state index in [2.05, 4.69) is 295 Å². The molecule has 11 aromatic rings. The van der Waals surface area contributed by atoms with Crippen LogP contribution in [0.15, 0.2) is 231 Å². The molecule has 0 unspecified atom stereocenters. The Bertz CT molecular complexity index is 3930. The summed E-state index contributed by atoms with van der Waals surface area (Å²) < 4.78 is 2.39. The zero-order valence-corrected chi connectivity index (χ0v) is 43.8. The maximum Gasteiger partial charge on any atom is 0.0714 e. The van der Waals surface area contributed by atoms with Gasteiger partial charge in [0.1, 0.15) is 0 Å². The van der Waals surface area contributed by atoms with E-state index >= 15 is 0 Å². The smallest absolute Gasteiger partial charge is 0.0714 e. The van der Waals surface area contributed by atoms with Crippen LogP contribution in [0.3, 0.4) is 0 Å². The van der Waals surface area contributed by atoms with Gasteiger partial charge in [-0.05, 0) is 144 Å². The zero-order valence-electron chi connectivity index (χ0n) is 43.8. The van der Waals surface area contributed by atoms with Crippen LogP contribution in [0.4, 0.5) is 17.1 Å². The summed E-state index contributed by atoms with van der Waals surface area (Å²) in [6.45, 7) is 18.9. The van der Waals surface area contributed by atoms with Crippen molar-refractivity contribution in [3.8, 4) is 39.1 Å². The molecule has 0 fully saturated rings. The number of anilines is 3. The molecule has 0 aliphatic heterocycles. The molecule has 2 nitrogen and oxygen atoms in total. The lowest BCUT2D eigenvalue weighted by Gasteiger charge is -2.36. The Balaban J connectivity index is 1.07. The van der Waals surface area contributed by atoms with Crippen LogP contribution in [-0.2, 0) is 21.7 Å². The molecule has 0 N–H and O–H groups in total. The van der Waals surface area contributed by atoms with Crippen LogP contribution in [0.1, 0.15) is 99.9 Å². The summed E-state index contributed by atoms with van der Waals surface area (Å²) in [4.78, 5) is 2.58. The van der Waals surface area contributed by atoms with Crippen molar-refractivity contribution in [3.05, 3.63) is 275 Å². The number of fused-ring (bicyclic) bond motifs is 9. The fourth-order valence-corrected chi connectivity index (χ4v) is 12.7. The maximum absolute atomic E-state index is 2.58. The molecular formula is C72H62N2. The van der Waals surface area contributed by atoms with E-state index in [0.29, 0.717) is 0 Å². The van der Waals surface area contributed by atoms with E-state index in [-0.39, 0.29) is 16.2 Å². The first-order valence-electron chi connectivity index (χ1n) is 26.4. The standard InChI is InChI=1S/C72H62N2/c1-69(2,3)51-35-39-59-63(43-51)72(49-22-12-9-13-23-49,50-24-14-10-15-25-50)64-44-52(70(4,5)6)45-67(68(59)64)73(55-38-40-57-56-28-18-20-30-61(56)71(7,8)62(57)46-55)54-36-32-47(33-37-54)48-34-41-66-60(42-48)58-29-19-21-31-65(58)74(66)53-26-16-11-17-27-53/h9-46H,1-8H3. The van der Waals surface area contributed by atoms with E-state index in [1.54, 1.807) is 0 Å². The van der Waals surface area contributed by atoms with E-state index in [1.807, 2.05) is 0 Å². The number of hydrogen-bond donors (Lipinski definition) is 0. The van der Waals surface area contributed by atoms with Crippen LogP contribution in [0, 0.1) is 0 Å². The van der Waals surface area contributed by atoms with Gasteiger partial charge < -0.3 is 9.47 Å². The topological polar surface area (TPSA) is 8.17 Å². The van der Waals surface area contributed by atoms with Gasteiger partial charge in [-0.1, -0.05) is 225 Å². The highest BCUT2D eigenvalue weighted by molar-refractivity contribution is 6.10. The van der Waals surface area contributed by atoms with Crippen LogP contribution >= 0.6 is 0 Å². The van der Waals surface area contributed by atoms with Gasteiger partial charge in [-0.2, -0.15) is 0 Å². The third kappa shape index (κ3) is 6.91. The molecule has 360 valence electrons. The lowest BCUT2D eigenvalue weighted by atomic mass is 9.66. The maximum atomic E-state index is 2.58. The Kier molecular flexibility index (Phi) is 10.3. The minimum Gasteiger partial charge on any atom is -0.310 e. The molecule has 0 amide bonds. The number of benzene rings is 10. The van der Waals surface area contributed by atoms with E-state index in [1.165, 1.54) is 111 Å². The number of nitrogens with zero attached hydrogens (tertiary/aromatic N) is 2. The molecule has 2 aliphatic carbocycles. The van der Waals surface area contributed by atoms with E-state index < -0.39 is 5.41 Å². The summed E-state index contributed by atoms with van der Waals surface area (Å²) >= 11 is 0. The van der Waals surface area contributed by atoms with Gasteiger partial charge in [-0.3, -0.25) is 0 Å². The summed E-state index contributed by atoms with van der Waals surface area (Å²) in [6.07, 6.45) is 0. The van der Waals surface area contributed by atoms with E-state index in [9.17, 15) is 0 Å². The fourth-order valence-electron chi connectivity index (χ4n) is 12.7. The quantitative estimate of drug-likeness (QED) is 0.155. The molecule has 1 aromatic heterocycles. The van der Waals surface area contributed by atoms with E-state index in [4.69, 9.17) is 0 Å². The third-order valence-electron chi connectivity index (χ3n) is 16.6. The average Bonchev–Trinajstić information content (AvgIpc) is 4.00. The molecule has 13 rings (SSSR count). The highest BCUT2D eigenvalue weighted by atomic mass is 15.1. The first kappa shape index (κ1) is 45.6. The largest absolute Gasteiger partial charge is 0.310 e. The molecule has 0 saturated carbocycles. The van der Waals surface area contributed by atoms with Crippen molar-refractivity contribution >= 4 is 38.9 Å². The van der Waals surface area contributed by atoms with Crippen LogP contribution in [0.2, 0.25) is 0 Å². The predicted octanol–water partition coefficient (Wildman–Crippen LogP) is 19.2. The molecule has 0 saturated heterocycles. The van der Waals surface area contributed by atoms with Crippen molar-refractivity contribution in [3.63, 3.8) is 0 Å². The Hall–Kier alpha value is -8.20. The van der Waals surface area contributed by atoms with Crippen LogP contribution in [-0.4, -0.2) is 4.57 Å². The van der Waals surface area contributed by atoms with Gasteiger partial charge in [0, 0.05) is 38.8 Å². The van der Waals surface area contributed by atoms with Crippen molar-refractivity contribution < 1.29 is 0 Å². The number of hydrogen-bond acceptors (Lipinski definition) is 1. The molecule has 0 bridgehead atoms. The normalized spacial score (nSPS) is 14.2. The molecule has 2 heteroatoms. The molecule has 0 spiro atoms. The van der Waals surface area contributed by atoms with Gasteiger partial charge in [0.25, 0.3) is 0 Å². The van der Waals surface area contributed by atoms with Crippen LogP contribution in [0.5, 0.6) is 0 Å². The second-order valence-electron chi connectivity index (χ2n) is 23.4. The molecule has 74 heavy (non-hydrogen) atoms. The van der Waals surface area contributed by atoms with Crippen molar-refractivity contribution in [1.29, 1.82) is 0 Å². The summed E-state index contributed by atoms with van der Waals surface area (Å²) in [5.41, 5.74) is 24.1. The molecule has 1 heterocycles. The number of para-hydroxylation sites is 2. The molecule has 2 aliphatic rings. The van der Waals surface area contributed by atoms with Gasteiger partial charge in [0.2, 0.25) is 0 Å². The second kappa shape index (κ2) is 16.7. The minimum atomic E-state index is -0.593. The van der Waals surface area contributed by atoms with Gasteiger partial charge in [0.05, 0.1) is 22.1 Å². The summed E-state index contributed by atoms with van der Waals surface area (Å²) in [5.74, 6) is 0. The van der Waals surface area contributed by atoms with Crippen LogP contribution in [0.25, 0.3) is 60.9 Å². The highest BCUT2D eigenvalue weighted by Crippen LogP contribution is 2.61. The van der Waals surface area contributed by atoms with Crippen molar-refractivity contribution in [1.82, 2.24) is 4.57 Å². The third-order valence-corrected chi connectivity index (χ3v) is 16.6. The predicted molar refractivity (Wildman–Crippen MR) is 313 cm³/mol. The Morgan fingerprint density at radius 1 is 0.378 bits per heavy atom. The lowest BCUT2D eigenvalue weighted by Crippen LogP contribution is -2.30. The van der Waals surface area contributed by atoms with Gasteiger partial charge >= 0.3 is 0 Å². The Morgan fingerprint density at radius 2 is 0.932 bits per heavy atom. The van der Waals surface area contributed by atoms with Gasteiger partial charge in [0.15, 0.2) is 0 Å². The zero-order chi connectivity index (χ0) is 50.7. The van der Waals surface area contributed by atoms with Gasteiger partial charge in [-0.15, -0.1) is 0 Å². The highest BCUT2D eigenvalue weighted by Gasteiger charge is 2.49. The monoisotopic (exact) mass is 954 g/mol. The lowest BCUT2D eigenvalue weighted by molar-refractivity contribution is 0.586. The Morgan fingerprint density at radius 3 is 1.62 bits per heavy atom. The first-order chi connectivity index (χ1) is 35.7. The molecule has 10 aromatic carbocycles. The van der Waals surface area contributed by atoms with Crippen molar-refractivity contribution in [2.24, 2.45) is 0 Å². The van der Waals surface area contributed by atoms with Crippen molar-refractivity contribution in [2.45, 2.75) is 77.0 Å². The average molecular weight is 955 g/mol. The SMILES string of the molecule is CC(C)(C)c1ccc2c(c1)C(c1ccccc1)(c1ccccc1)c1cc(C(C)(C)C)cc(N(c3ccc(-c4ccc5c(c4)c4ccccc4n5-c4ccccc4)cc3)c3ccc4c(c3)C(C)(C)c3ccccc3-4)c1-2.